The Labute approximate surface area is 177 Å². The first-order valence-electron chi connectivity index (χ1n) is 9.94. The van der Waals surface area contributed by atoms with Crippen molar-refractivity contribution in [1.29, 1.82) is 0 Å². The minimum absolute atomic E-state index is 0.137. The monoisotopic (exact) mass is 412 g/mol. The third kappa shape index (κ3) is 2.87. The van der Waals surface area contributed by atoms with Crippen molar-refractivity contribution in [2.24, 2.45) is 0 Å². The Bertz CT molecular complexity index is 1270. The van der Waals surface area contributed by atoms with Gasteiger partial charge in [-0.1, -0.05) is 36.4 Å². The minimum Gasteiger partial charge on any atom is -0.454 e. The second-order valence-corrected chi connectivity index (χ2v) is 7.55. The van der Waals surface area contributed by atoms with E-state index in [0.717, 1.165) is 11.1 Å². The number of ketones is 1. The van der Waals surface area contributed by atoms with Crippen molar-refractivity contribution in [1.82, 2.24) is 0 Å². The number of ether oxygens (including phenoxy) is 4. The number of allylic oxidation sites excluding steroid dienone is 1. The number of hydrogen-bond donors (Lipinski definition) is 0. The summed E-state index contributed by atoms with van der Waals surface area (Å²) in [7, 11) is 0. The molecule has 0 fully saturated rings. The summed E-state index contributed by atoms with van der Waals surface area (Å²) in [6.45, 7) is 0.169. The molecule has 0 amide bonds. The third-order valence-corrected chi connectivity index (χ3v) is 5.68. The molecule has 3 aromatic rings. The van der Waals surface area contributed by atoms with E-state index >= 15 is 0 Å². The van der Waals surface area contributed by atoms with E-state index in [4.69, 9.17) is 18.9 Å². The summed E-state index contributed by atoms with van der Waals surface area (Å²) in [5.74, 6) is 1.54. The molecule has 0 radical (unpaired) electrons. The molecule has 0 unspecified atom stereocenters. The summed E-state index contributed by atoms with van der Waals surface area (Å²) in [5, 5.41) is 0. The van der Waals surface area contributed by atoms with Gasteiger partial charge in [-0.2, -0.15) is 0 Å². The van der Waals surface area contributed by atoms with Crippen LogP contribution in [0.3, 0.4) is 0 Å². The van der Waals surface area contributed by atoms with E-state index in [0.29, 0.717) is 34.1 Å². The average molecular weight is 412 g/mol. The molecule has 0 saturated heterocycles. The number of benzene rings is 3. The second-order valence-electron chi connectivity index (χ2n) is 7.55. The Morgan fingerprint density at radius 3 is 2.52 bits per heavy atom. The van der Waals surface area contributed by atoms with Crippen LogP contribution in [-0.2, 0) is 4.79 Å². The van der Waals surface area contributed by atoms with Gasteiger partial charge in [-0.15, -0.1) is 0 Å². The lowest BCUT2D eigenvalue weighted by molar-refractivity contribution is -0.135. The molecule has 3 aliphatic heterocycles. The van der Waals surface area contributed by atoms with Crippen molar-refractivity contribution < 1.29 is 28.5 Å². The van der Waals surface area contributed by atoms with Gasteiger partial charge in [0, 0.05) is 11.5 Å². The quantitative estimate of drug-likeness (QED) is 0.351. The predicted molar refractivity (Wildman–Crippen MR) is 110 cm³/mol. The zero-order valence-corrected chi connectivity index (χ0v) is 16.3. The van der Waals surface area contributed by atoms with Crippen LogP contribution in [-0.4, -0.2) is 18.5 Å². The lowest BCUT2D eigenvalue weighted by atomic mass is 9.84. The molecule has 152 valence electrons. The van der Waals surface area contributed by atoms with E-state index in [1.165, 1.54) is 0 Å². The van der Waals surface area contributed by atoms with Gasteiger partial charge in [0.2, 0.25) is 12.6 Å². The van der Waals surface area contributed by atoms with E-state index in [1.807, 2.05) is 48.5 Å². The highest BCUT2D eigenvalue weighted by Gasteiger charge is 2.38. The maximum Gasteiger partial charge on any atom is 0.312 e. The lowest BCUT2D eigenvalue weighted by Gasteiger charge is -2.26. The van der Waals surface area contributed by atoms with Gasteiger partial charge < -0.3 is 18.9 Å². The summed E-state index contributed by atoms with van der Waals surface area (Å²) in [5.41, 5.74) is 2.89. The molecule has 0 N–H and O–H groups in total. The Morgan fingerprint density at radius 2 is 1.65 bits per heavy atom. The van der Waals surface area contributed by atoms with Gasteiger partial charge in [-0.05, 0) is 41.5 Å². The molecule has 0 spiro atoms. The van der Waals surface area contributed by atoms with E-state index in [1.54, 1.807) is 18.2 Å². The molecule has 3 aliphatic rings. The molecule has 6 nitrogen and oxygen atoms in total. The van der Waals surface area contributed by atoms with Gasteiger partial charge in [0.1, 0.15) is 11.5 Å². The summed E-state index contributed by atoms with van der Waals surface area (Å²) in [4.78, 5) is 25.3. The van der Waals surface area contributed by atoms with Crippen molar-refractivity contribution in [3.63, 3.8) is 0 Å². The maximum absolute atomic E-state index is 13.0. The molecular formula is C25H16O6. The lowest BCUT2D eigenvalue weighted by Crippen LogP contribution is -2.21. The highest BCUT2D eigenvalue weighted by atomic mass is 16.7. The van der Waals surface area contributed by atoms with Crippen LogP contribution in [0.1, 0.15) is 39.4 Å². The molecular weight excluding hydrogens is 396 g/mol. The zero-order valence-electron chi connectivity index (χ0n) is 16.3. The number of carbonyl (C=O) groups is 2. The minimum atomic E-state index is -0.334. The molecule has 6 heteroatoms. The highest BCUT2D eigenvalue weighted by Crippen LogP contribution is 2.50. The number of hydrogen-bond acceptors (Lipinski definition) is 6. The topological polar surface area (TPSA) is 71.1 Å². The third-order valence-electron chi connectivity index (χ3n) is 5.68. The number of Topliss-reactive ketones (excluding diaryl/α,β-unsaturated/α-hetero) is 1. The van der Waals surface area contributed by atoms with E-state index < -0.39 is 0 Å². The van der Waals surface area contributed by atoms with Gasteiger partial charge in [-0.25, -0.2) is 0 Å². The zero-order chi connectivity index (χ0) is 20.9. The van der Waals surface area contributed by atoms with Crippen LogP contribution in [0.4, 0.5) is 0 Å². The van der Waals surface area contributed by atoms with Crippen LogP contribution < -0.4 is 18.9 Å². The van der Waals surface area contributed by atoms with Crippen molar-refractivity contribution in [3.05, 3.63) is 88.7 Å². The maximum atomic E-state index is 13.0. The van der Waals surface area contributed by atoms with Crippen molar-refractivity contribution in [2.45, 2.75) is 12.3 Å². The molecule has 0 aliphatic carbocycles. The van der Waals surface area contributed by atoms with Gasteiger partial charge in [-0.3, -0.25) is 9.59 Å². The molecule has 31 heavy (non-hydrogen) atoms. The molecule has 1 atom stereocenters. The van der Waals surface area contributed by atoms with Gasteiger partial charge in [0.15, 0.2) is 17.3 Å². The Hall–Kier alpha value is -4.06. The van der Waals surface area contributed by atoms with Crippen LogP contribution in [0.5, 0.6) is 23.0 Å². The summed E-state index contributed by atoms with van der Waals surface area (Å²) in [6, 6.07) is 18.4. The largest absolute Gasteiger partial charge is 0.454 e. The Kier molecular flexibility index (Phi) is 3.86. The van der Waals surface area contributed by atoms with Crippen LogP contribution in [0.2, 0.25) is 0 Å². The van der Waals surface area contributed by atoms with Crippen molar-refractivity contribution >= 4 is 17.8 Å². The first-order chi connectivity index (χ1) is 15.2. The van der Waals surface area contributed by atoms with Crippen LogP contribution in [0.15, 0.2) is 66.4 Å². The van der Waals surface area contributed by atoms with Gasteiger partial charge in [0.25, 0.3) is 0 Å². The first-order valence-corrected chi connectivity index (χ1v) is 9.94. The number of carbonyl (C=O) groups excluding carboxylic acids is 2. The second kappa shape index (κ2) is 6.74. The first kappa shape index (κ1) is 17.8. The Balaban J connectivity index is 1.46. The fourth-order valence-corrected chi connectivity index (χ4v) is 4.22. The Morgan fingerprint density at radius 1 is 0.839 bits per heavy atom. The molecule has 0 saturated carbocycles. The van der Waals surface area contributed by atoms with Crippen molar-refractivity contribution in [2.75, 3.05) is 6.79 Å². The molecule has 3 heterocycles. The summed E-state index contributed by atoms with van der Waals surface area (Å²) in [6.07, 6.45) is 1.86. The molecule has 0 bridgehead atoms. The predicted octanol–water partition coefficient (Wildman–Crippen LogP) is 4.47. The molecule has 3 aromatic carbocycles. The van der Waals surface area contributed by atoms with Gasteiger partial charge >= 0.3 is 5.97 Å². The summed E-state index contributed by atoms with van der Waals surface area (Å²) < 4.78 is 22.5. The van der Waals surface area contributed by atoms with E-state index in [9.17, 15) is 9.59 Å². The highest BCUT2D eigenvalue weighted by molar-refractivity contribution is 6.15. The molecule has 6 rings (SSSR count). The SMILES string of the molecule is O=C1C[C@@H](c2ccc3c(c2)OCO3)c2c(ccc3c2O/C(=C\c2ccccc2)C3=O)O1. The number of rotatable bonds is 2. The average Bonchev–Trinajstić information content (AvgIpc) is 3.38. The van der Waals surface area contributed by atoms with E-state index in [-0.39, 0.29) is 36.6 Å². The fraction of sp³-hybridized carbons (Fsp3) is 0.120. The number of esters is 1. The van der Waals surface area contributed by atoms with Crippen LogP contribution >= 0.6 is 0 Å². The summed E-state index contributed by atoms with van der Waals surface area (Å²) >= 11 is 0. The number of fused-ring (bicyclic) bond motifs is 4. The fourth-order valence-electron chi connectivity index (χ4n) is 4.22. The standard InChI is InChI=1S/C25H16O6/c26-22-12-17(15-6-8-18-20(11-15)29-13-28-18)23-19(30-22)9-7-16-24(27)21(31-25(16)23)10-14-4-2-1-3-5-14/h1-11,17H,12-13H2/b21-10-/t17-/m0/s1. The van der Waals surface area contributed by atoms with E-state index in [2.05, 4.69) is 0 Å². The normalized spacial score (nSPS) is 19.6. The molecule has 0 aromatic heterocycles. The van der Waals surface area contributed by atoms with Crippen LogP contribution in [0, 0.1) is 0 Å². The van der Waals surface area contributed by atoms with Crippen molar-refractivity contribution in [3.8, 4) is 23.0 Å². The smallest absolute Gasteiger partial charge is 0.312 e. The van der Waals surface area contributed by atoms with Crippen LogP contribution in [0.25, 0.3) is 6.08 Å². The van der Waals surface area contributed by atoms with Gasteiger partial charge in [0.05, 0.1) is 12.0 Å².